The van der Waals surface area contributed by atoms with Crippen LogP contribution in [-0.2, 0) is 0 Å². The number of aryl methyl sites for hydroxylation is 1. The fraction of sp³-hybridized carbons (Fsp3) is 0.615. The van der Waals surface area contributed by atoms with Crippen molar-refractivity contribution >= 4 is 17.2 Å². The summed E-state index contributed by atoms with van der Waals surface area (Å²) in [5, 5.41) is 4.02. The summed E-state index contributed by atoms with van der Waals surface area (Å²) in [7, 11) is 0. The fourth-order valence-electron chi connectivity index (χ4n) is 3.27. The highest BCUT2D eigenvalue weighted by Crippen LogP contribution is 2.36. The van der Waals surface area contributed by atoms with Gasteiger partial charge in [-0.3, -0.25) is 4.79 Å². The molecule has 2 bridgehead atoms. The van der Waals surface area contributed by atoms with Gasteiger partial charge in [0.1, 0.15) is 0 Å². The van der Waals surface area contributed by atoms with Gasteiger partial charge >= 0.3 is 0 Å². The van der Waals surface area contributed by atoms with E-state index in [9.17, 15) is 4.79 Å². The number of amides is 1. The smallest absolute Gasteiger partial charge is 0.255 e. The number of rotatable bonds is 1. The maximum Gasteiger partial charge on any atom is 0.255 e. The summed E-state index contributed by atoms with van der Waals surface area (Å²) in [4.78, 5) is 14.7. The van der Waals surface area contributed by atoms with Crippen molar-refractivity contribution in [3.63, 3.8) is 0 Å². The van der Waals surface area contributed by atoms with E-state index in [0.29, 0.717) is 18.1 Å². The van der Waals surface area contributed by atoms with E-state index in [1.54, 1.807) is 11.3 Å². The zero-order valence-electron chi connectivity index (χ0n) is 10.1. The summed E-state index contributed by atoms with van der Waals surface area (Å²) in [6.07, 6.45) is 4.22. The Balaban J connectivity index is 1.86. The Bertz CT molecular complexity index is 428. The van der Waals surface area contributed by atoms with Crippen LogP contribution < -0.4 is 5.73 Å². The van der Waals surface area contributed by atoms with E-state index < -0.39 is 0 Å². The van der Waals surface area contributed by atoms with Crippen LogP contribution in [0.15, 0.2) is 10.8 Å². The van der Waals surface area contributed by atoms with Crippen molar-refractivity contribution in [3.8, 4) is 0 Å². The molecular formula is C13H18N2OS. The number of thiophene rings is 1. The van der Waals surface area contributed by atoms with Crippen LogP contribution in [0.1, 0.15) is 41.6 Å². The number of hydrogen-bond acceptors (Lipinski definition) is 3. The van der Waals surface area contributed by atoms with Crippen LogP contribution in [0, 0.1) is 6.92 Å². The normalized spacial score (nSPS) is 31.9. The minimum Gasteiger partial charge on any atom is -0.333 e. The lowest BCUT2D eigenvalue weighted by Crippen LogP contribution is -2.50. The molecule has 2 unspecified atom stereocenters. The number of piperidine rings is 1. The zero-order chi connectivity index (χ0) is 12.0. The van der Waals surface area contributed by atoms with Crippen molar-refractivity contribution in [1.29, 1.82) is 0 Å². The Morgan fingerprint density at radius 2 is 2.00 bits per heavy atom. The van der Waals surface area contributed by atoms with Crippen molar-refractivity contribution in [2.45, 2.75) is 50.7 Å². The third-order valence-corrected chi connectivity index (χ3v) is 4.95. The van der Waals surface area contributed by atoms with Crippen LogP contribution in [0.2, 0.25) is 0 Å². The summed E-state index contributed by atoms with van der Waals surface area (Å²) in [6, 6.07) is 1.06. The van der Waals surface area contributed by atoms with E-state index >= 15 is 0 Å². The molecule has 0 saturated carbocycles. The molecule has 2 aliphatic rings. The van der Waals surface area contributed by atoms with Gasteiger partial charge in [-0.2, -0.15) is 11.3 Å². The summed E-state index contributed by atoms with van der Waals surface area (Å²) in [6.45, 7) is 2.02. The van der Waals surface area contributed by atoms with Crippen LogP contribution in [0.3, 0.4) is 0 Å². The van der Waals surface area contributed by atoms with Crippen molar-refractivity contribution in [2.75, 3.05) is 0 Å². The summed E-state index contributed by atoms with van der Waals surface area (Å²) >= 11 is 1.61. The van der Waals surface area contributed by atoms with Crippen LogP contribution in [0.25, 0.3) is 0 Å². The summed E-state index contributed by atoms with van der Waals surface area (Å²) in [5.74, 6) is 0.225. The van der Waals surface area contributed by atoms with E-state index in [1.165, 1.54) is 0 Å². The first-order valence-corrected chi connectivity index (χ1v) is 7.22. The first kappa shape index (κ1) is 11.2. The van der Waals surface area contributed by atoms with Crippen LogP contribution in [-0.4, -0.2) is 28.9 Å². The minimum absolute atomic E-state index is 0.225. The molecule has 0 aliphatic carbocycles. The second-order valence-corrected chi connectivity index (χ2v) is 6.04. The average Bonchev–Trinajstić information content (AvgIpc) is 2.81. The molecule has 3 nitrogen and oxygen atoms in total. The highest BCUT2D eigenvalue weighted by atomic mass is 32.1. The summed E-state index contributed by atoms with van der Waals surface area (Å²) < 4.78 is 0. The number of nitrogens with zero attached hydrogens (tertiary/aromatic N) is 1. The number of fused-ring (bicyclic) bond motifs is 2. The number of carbonyl (C=O) groups excluding carboxylic acids is 1. The largest absolute Gasteiger partial charge is 0.333 e. The van der Waals surface area contributed by atoms with Crippen molar-refractivity contribution in [2.24, 2.45) is 5.73 Å². The lowest BCUT2D eigenvalue weighted by atomic mass is 9.97. The van der Waals surface area contributed by atoms with Crippen molar-refractivity contribution < 1.29 is 4.79 Å². The van der Waals surface area contributed by atoms with E-state index in [0.717, 1.165) is 36.8 Å². The molecule has 0 spiro atoms. The number of hydrogen-bond donors (Lipinski definition) is 1. The van der Waals surface area contributed by atoms with Crippen molar-refractivity contribution in [3.05, 3.63) is 21.9 Å². The second kappa shape index (κ2) is 4.10. The molecule has 1 aromatic rings. The molecule has 2 atom stereocenters. The molecule has 0 aromatic carbocycles. The summed E-state index contributed by atoms with van der Waals surface area (Å²) in [5.41, 5.74) is 8.03. The van der Waals surface area contributed by atoms with Gasteiger partial charge in [0.25, 0.3) is 5.91 Å². The van der Waals surface area contributed by atoms with Gasteiger partial charge in [-0.1, -0.05) is 0 Å². The van der Waals surface area contributed by atoms with Gasteiger partial charge in [-0.05, 0) is 43.6 Å². The monoisotopic (exact) mass is 250 g/mol. The molecule has 2 fully saturated rings. The van der Waals surface area contributed by atoms with Crippen LogP contribution >= 0.6 is 11.3 Å². The third kappa shape index (κ3) is 1.79. The van der Waals surface area contributed by atoms with E-state index in [2.05, 4.69) is 4.90 Å². The molecule has 1 amide bonds. The Morgan fingerprint density at radius 1 is 1.35 bits per heavy atom. The highest BCUT2D eigenvalue weighted by molar-refractivity contribution is 7.08. The third-order valence-electron chi connectivity index (χ3n) is 4.09. The lowest BCUT2D eigenvalue weighted by Gasteiger charge is -2.37. The Morgan fingerprint density at radius 3 is 2.53 bits per heavy atom. The lowest BCUT2D eigenvalue weighted by molar-refractivity contribution is 0.0575. The van der Waals surface area contributed by atoms with E-state index in [4.69, 9.17) is 5.73 Å². The highest BCUT2D eigenvalue weighted by Gasteiger charge is 2.42. The van der Waals surface area contributed by atoms with Crippen LogP contribution in [0.5, 0.6) is 0 Å². The van der Waals surface area contributed by atoms with Gasteiger partial charge < -0.3 is 10.6 Å². The zero-order valence-corrected chi connectivity index (χ0v) is 10.9. The quantitative estimate of drug-likeness (QED) is 0.830. The predicted octanol–water partition coefficient (Wildman–Crippen LogP) is 2.15. The Hall–Kier alpha value is -0.870. The molecule has 2 saturated heterocycles. The second-order valence-electron chi connectivity index (χ2n) is 5.30. The molecule has 2 N–H and O–H groups in total. The van der Waals surface area contributed by atoms with Gasteiger partial charge in [0.2, 0.25) is 0 Å². The molecule has 17 heavy (non-hydrogen) atoms. The van der Waals surface area contributed by atoms with Crippen LogP contribution in [0.4, 0.5) is 0 Å². The first-order chi connectivity index (χ1) is 8.16. The van der Waals surface area contributed by atoms with Gasteiger partial charge in [0.15, 0.2) is 0 Å². The fourth-order valence-corrected chi connectivity index (χ4v) is 4.09. The minimum atomic E-state index is 0.225. The molecule has 3 heterocycles. The van der Waals surface area contributed by atoms with E-state index in [-0.39, 0.29) is 5.91 Å². The topological polar surface area (TPSA) is 46.3 Å². The molecular weight excluding hydrogens is 232 g/mol. The van der Waals surface area contributed by atoms with Gasteiger partial charge in [-0.15, -0.1) is 0 Å². The predicted molar refractivity (Wildman–Crippen MR) is 69.2 cm³/mol. The Labute approximate surface area is 106 Å². The molecule has 1 aromatic heterocycles. The first-order valence-electron chi connectivity index (χ1n) is 6.28. The molecule has 92 valence electrons. The maximum absolute atomic E-state index is 12.5. The molecule has 2 aliphatic heterocycles. The van der Waals surface area contributed by atoms with Gasteiger partial charge in [0, 0.05) is 23.5 Å². The SMILES string of the molecule is Cc1cscc1C(=O)N1C2CCC1CC(N)C2. The molecule has 4 heteroatoms. The Kier molecular flexibility index (Phi) is 2.71. The van der Waals surface area contributed by atoms with E-state index in [1.807, 2.05) is 17.7 Å². The standard InChI is InChI=1S/C13H18N2OS/c1-8-6-17-7-12(8)13(16)15-10-2-3-11(15)5-9(14)4-10/h6-7,9-11H,2-5,14H2,1H3. The van der Waals surface area contributed by atoms with Crippen molar-refractivity contribution in [1.82, 2.24) is 4.90 Å². The van der Waals surface area contributed by atoms with Gasteiger partial charge in [-0.25, -0.2) is 0 Å². The maximum atomic E-state index is 12.5. The molecule has 3 rings (SSSR count). The number of nitrogens with two attached hydrogens (primary N) is 1. The average molecular weight is 250 g/mol. The molecule has 0 radical (unpaired) electrons. The number of carbonyl (C=O) groups is 1. The van der Waals surface area contributed by atoms with Gasteiger partial charge in [0.05, 0.1) is 5.56 Å².